The van der Waals surface area contributed by atoms with Crippen molar-refractivity contribution < 1.29 is 4.52 Å². The average molecular weight is 274 g/mol. The molecule has 2 heterocycles. The summed E-state index contributed by atoms with van der Waals surface area (Å²) in [5.74, 6) is 1.57. The Kier molecular flexibility index (Phi) is 3.65. The van der Waals surface area contributed by atoms with Gasteiger partial charge in [0.05, 0.1) is 16.6 Å². The minimum atomic E-state index is 0.369. The van der Waals surface area contributed by atoms with E-state index in [-0.39, 0.29) is 0 Å². The van der Waals surface area contributed by atoms with Crippen molar-refractivity contribution in [2.45, 2.75) is 6.54 Å². The maximum absolute atomic E-state index is 6.00. The molecule has 2 aromatic heterocycles. The first-order valence-electron chi connectivity index (χ1n) is 4.73. The summed E-state index contributed by atoms with van der Waals surface area (Å²) >= 11 is 11.9. The lowest BCUT2D eigenvalue weighted by molar-refractivity contribution is 0.411. The van der Waals surface area contributed by atoms with Crippen molar-refractivity contribution in [3.63, 3.8) is 0 Å². The van der Waals surface area contributed by atoms with Crippen LogP contribution in [0.4, 0.5) is 11.6 Å². The van der Waals surface area contributed by atoms with E-state index in [1.54, 1.807) is 13.1 Å². The van der Waals surface area contributed by atoms with Crippen LogP contribution in [0.1, 0.15) is 5.82 Å². The van der Waals surface area contributed by atoms with Crippen LogP contribution in [0, 0.1) is 0 Å². The fourth-order valence-electron chi connectivity index (χ4n) is 1.20. The molecular formula is C9H9Cl2N5O. The van der Waals surface area contributed by atoms with E-state index in [1.807, 2.05) is 0 Å². The van der Waals surface area contributed by atoms with Crippen molar-refractivity contribution >= 4 is 34.8 Å². The summed E-state index contributed by atoms with van der Waals surface area (Å²) < 4.78 is 4.61. The van der Waals surface area contributed by atoms with Gasteiger partial charge in [-0.1, -0.05) is 28.4 Å². The number of aromatic nitrogens is 3. The second-order valence-corrected chi connectivity index (χ2v) is 3.91. The number of anilines is 2. The number of rotatable bonds is 4. The lowest BCUT2D eigenvalue weighted by atomic mass is 10.4. The quantitative estimate of drug-likeness (QED) is 0.891. The fourth-order valence-corrected chi connectivity index (χ4v) is 1.72. The van der Waals surface area contributed by atoms with Crippen molar-refractivity contribution in [2.24, 2.45) is 0 Å². The normalized spacial score (nSPS) is 10.3. The first-order valence-corrected chi connectivity index (χ1v) is 5.49. The van der Waals surface area contributed by atoms with E-state index >= 15 is 0 Å². The molecule has 0 saturated carbocycles. The molecule has 0 atom stereocenters. The molecule has 0 fully saturated rings. The van der Waals surface area contributed by atoms with Crippen molar-refractivity contribution in [1.29, 1.82) is 0 Å². The summed E-state index contributed by atoms with van der Waals surface area (Å²) in [4.78, 5) is 8.09. The van der Waals surface area contributed by atoms with E-state index in [4.69, 9.17) is 23.2 Å². The summed E-state index contributed by atoms with van der Waals surface area (Å²) in [6, 6.07) is 1.61. The first kappa shape index (κ1) is 11.9. The molecule has 0 radical (unpaired) electrons. The summed E-state index contributed by atoms with van der Waals surface area (Å²) in [6.07, 6.45) is 1.26. The van der Waals surface area contributed by atoms with E-state index in [0.29, 0.717) is 34.1 Å². The highest BCUT2D eigenvalue weighted by Crippen LogP contribution is 2.28. The van der Waals surface area contributed by atoms with E-state index in [9.17, 15) is 0 Å². The first-order chi connectivity index (χ1) is 8.20. The van der Waals surface area contributed by atoms with Gasteiger partial charge in [-0.2, -0.15) is 4.98 Å². The number of pyridine rings is 1. The van der Waals surface area contributed by atoms with E-state index in [1.165, 1.54) is 6.39 Å². The molecule has 0 aromatic carbocycles. The molecule has 2 rings (SSSR count). The number of hydrogen-bond acceptors (Lipinski definition) is 6. The maximum atomic E-state index is 6.00. The Morgan fingerprint density at radius 1 is 1.29 bits per heavy atom. The monoisotopic (exact) mass is 273 g/mol. The zero-order chi connectivity index (χ0) is 12.3. The summed E-state index contributed by atoms with van der Waals surface area (Å²) in [7, 11) is 1.73. The topological polar surface area (TPSA) is 75.9 Å². The Bertz CT molecular complexity index is 502. The highest BCUT2D eigenvalue weighted by Gasteiger charge is 2.08. The zero-order valence-electron chi connectivity index (χ0n) is 8.87. The molecule has 2 N–H and O–H groups in total. The van der Waals surface area contributed by atoms with Gasteiger partial charge in [-0.15, -0.1) is 0 Å². The van der Waals surface area contributed by atoms with Crippen LogP contribution in [0.2, 0.25) is 10.0 Å². The van der Waals surface area contributed by atoms with E-state index in [0.717, 1.165) is 0 Å². The molecule has 0 bridgehead atoms. The van der Waals surface area contributed by atoms with Gasteiger partial charge in [0.2, 0.25) is 6.39 Å². The molecule has 0 aliphatic carbocycles. The predicted molar refractivity (Wildman–Crippen MR) is 65.4 cm³/mol. The second-order valence-electron chi connectivity index (χ2n) is 3.10. The molecule has 0 aliphatic rings. The van der Waals surface area contributed by atoms with Crippen LogP contribution in [-0.4, -0.2) is 22.2 Å². The van der Waals surface area contributed by atoms with Gasteiger partial charge in [-0.25, -0.2) is 4.98 Å². The lowest BCUT2D eigenvalue weighted by Crippen LogP contribution is -2.05. The molecule has 8 heteroatoms. The van der Waals surface area contributed by atoms with Gasteiger partial charge >= 0.3 is 0 Å². The minimum Gasteiger partial charge on any atom is -0.372 e. The molecule has 6 nitrogen and oxygen atoms in total. The van der Waals surface area contributed by atoms with Gasteiger partial charge in [0.15, 0.2) is 5.82 Å². The zero-order valence-corrected chi connectivity index (χ0v) is 10.4. The summed E-state index contributed by atoms with van der Waals surface area (Å²) in [6.45, 7) is 0.369. The van der Waals surface area contributed by atoms with Crippen LogP contribution in [0.25, 0.3) is 0 Å². The third kappa shape index (κ3) is 2.78. The molecule has 2 aromatic rings. The van der Waals surface area contributed by atoms with Gasteiger partial charge in [0.25, 0.3) is 0 Å². The Morgan fingerprint density at radius 2 is 2.06 bits per heavy atom. The molecule has 0 amide bonds. The highest BCUT2D eigenvalue weighted by atomic mass is 35.5. The Morgan fingerprint density at radius 3 is 2.71 bits per heavy atom. The van der Waals surface area contributed by atoms with Crippen LogP contribution in [0.5, 0.6) is 0 Å². The van der Waals surface area contributed by atoms with Crippen LogP contribution in [-0.2, 0) is 6.54 Å². The summed E-state index contributed by atoms with van der Waals surface area (Å²) in [5, 5.41) is 10.4. The molecule has 17 heavy (non-hydrogen) atoms. The van der Waals surface area contributed by atoms with Gasteiger partial charge in [0, 0.05) is 7.05 Å². The van der Waals surface area contributed by atoms with E-state index < -0.39 is 0 Å². The van der Waals surface area contributed by atoms with Crippen LogP contribution < -0.4 is 10.6 Å². The van der Waals surface area contributed by atoms with Crippen LogP contribution in [0.15, 0.2) is 17.0 Å². The van der Waals surface area contributed by atoms with Crippen molar-refractivity contribution in [3.05, 3.63) is 28.3 Å². The van der Waals surface area contributed by atoms with Gasteiger partial charge < -0.3 is 15.2 Å². The molecule has 0 spiro atoms. The summed E-state index contributed by atoms with van der Waals surface area (Å²) in [5.41, 5.74) is 0. The van der Waals surface area contributed by atoms with Crippen LogP contribution >= 0.6 is 23.2 Å². The second kappa shape index (κ2) is 5.20. The number of nitrogens with zero attached hydrogens (tertiary/aromatic N) is 3. The number of nitrogens with one attached hydrogen (secondary N) is 2. The number of hydrogen-bond donors (Lipinski definition) is 2. The molecule has 90 valence electrons. The molecule has 0 unspecified atom stereocenters. The highest BCUT2D eigenvalue weighted by molar-refractivity contribution is 6.37. The third-order valence-electron chi connectivity index (χ3n) is 1.99. The van der Waals surface area contributed by atoms with Gasteiger partial charge in [-0.05, 0) is 6.07 Å². The molecular weight excluding hydrogens is 265 g/mol. The van der Waals surface area contributed by atoms with Crippen molar-refractivity contribution in [3.8, 4) is 0 Å². The Hall–Kier alpha value is -1.53. The lowest BCUT2D eigenvalue weighted by Gasteiger charge is -2.09. The van der Waals surface area contributed by atoms with Crippen molar-refractivity contribution in [2.75, 3.05) is 17.7 Å². The van der Waals surface area contributed by atoms with Crippen molar-refractivity contribution in [1.82, 2.24) is 15.1 Å². The van der Waals surface area contributed by atoms with Crippen LogP contribution in [0.3, 0.4) is 0 Å². The fraction of sp³-hybridized carbons (Fsp3) is 0.222. The average Bonchev–Trinajstić information content (AvgIpc) is 2.81. The van der Waals surface area contributed by atoms with E-state index in [2.05, 4.69) is 30.3 Å². The smallest absolute Gasteiger partial charge is 0.213 e. The standard InChI is InChI=1S/C9H9Cl2N5O/c1-12-8-5(10)2-6(11)9(15-8)13-3-7-14-4-17-16-7/h2,4H,3H2,1H3,(H2,12,13,15). The minimum absolute atomic E-state index is 0.369. The molecule has 0 saturated heterocycles. The Labute approximate surface area is 107 Å². The molecule has 0 aliphatic heterocycles. The Balaban J connectivity index is 2.15. The largest absolute Gasteiger partial charge is 0.372 e. The SMILES string of the molecule is CNc1nc(NCc2ncon2)c(Cl)cc1Cl. The van der Waals surface area contributed by atoms with Gasteiger partial charge in [0.1, 0.15) is 11.6 Å². The van der Waals surface area contributed by atoms with Gasteiger partial charge in [-0.3, -0.25) is 0 Å². The number of halogens is 2. The third-order valence-corrected chi connectivity index (χ3v) is 2.56. The predicted octanol–water partition coefficient (Wildman–Crippen LogP) is 2.43. The maximum Gasteiger partial charge on any atom is 0.213 e.